The molecule has 0 bridgehead atoms. The summed E-state index contributed by atoms with van der Waals surface area (Å²) in [5, 5.41) is 2.94. The Labute approximate surface area is 214 Å². The molecule has 180 valence electrons. The van der Waals surface area contributed by atoms with E-state index < -0.39 is 17.1 Å². The van der Waals surface area contributed by atoms with Crippen molar-refractivity contribution in [2.24, 2.45) is 0 Å². The average Bonchev–Trinajstić information content (AvgIpc) is 3.21. The van der Waals surface area contributed by atoms with E-state index in [4.69, 9.17) is 11.6 Å². The van der Waals surface area contributed by atoms with Crippen LogP contribution < -0.4 is 5.32 Å². The predicted molar refractivity (Wildman–Crippen MR) is 142 cm³/mol. The molecule has 3 amide bonds. The van der Waals surface area contributed by atoms with Crippen molar-refractivity contribution in [3.63, 3.8) is 0 Å². The van der Waals surface area contributed by atoms with Crippen LogP contribution in [0.15, 0.2) is 47.4 Å². The van der Waals surface area contributed by atoms with Gasteiger partial charge in [-0.2, -0.15) is 0 Å². The van der Waals surface area contributed by atoms with Gasteiger partial charge in [0.1, 0.15) is 6.54 Å². The van der Waals surface area contributed by atoms with E-state index in [1.54, 1.807) is 12.1 Å². The molecule has 0 aliphatic carbocycles. The zero-order valence-electron chi connectivity index (χ0n) is 20.2. The van der Waals surface area contributed by atoms with Gasteiger partial charge in [0, 0.05) is 27.8 Å². The molecule has 2 aromatic carbocycles. The third kappa shape index (κ3) is 5.06. The minimum Gasteiger partial charge on any atom is -0.325 e. The molecule has 1 N–H and O–H groups in total. The average molecular weight is 508 g/mol. The van der Waals surface area contributed by atoms with Crippen molar-refractivity contribution >= 4 is 52.2 Å². The molecule has 0 spiro atoms. The standard InChI is InChI=1S/C27H26ClN3O3S/c1-15-7-9-22(10-17(15)3)29-25(32)14-30-26(33)24(35-27(30)34)12-20-11-18(4)31(19(20)5)23-13-21(28)8-6-16(23)2/h6-13H,14H2,1-5H3,(H,29,32)/b24-12+. The van der Waals surface area contributed by atoms with Crippen LogP contribution in [0.2, 0.25) is 5.02 Å². The normalized spacial score (nSPS) is 14.8. The lowest BCUT2D eigenvalue weighted by Gasteiger charge is -2.13. The number of halogens is 1. The topological polar surface area (TPSA) is 71.4 Å². The number of aromatic nitrogens is 1. The second-order valence-electron chi connectivity index (χ2n) is 8.71. The lowest BCUT2D eigenvalue weighted by molar-refractivity contribution is -0.127. The first kappa shape index (κ1) is 24.8. The fourth-order valence-electron chi connectivity index (χ4n) is 4.07. The third-order valence-corrected chi connectivity index (χ3v) is 7.28. The van der Waals surface area contributed by atoms with Gasteiger partial charge in [0.05, 0.1) is 4.91 Å². The van der Waals surface area contributed by atoms with E-state index in [2.05, 4.69) is 9.88 Å². The summed E-state index contributed by atoms with van der Waals surface area (Å²) in [4.78, 5) is 39.4. The molecule has 2 heterocycles. The number of imide groups is 1. The maximum atomic E-state index is 13.0. The number of aryl methyl sites for hydroxylation is 4. The number of nitrogens with zero attached hydrogens (tertiary/aromatic N) is 2. The summed E-state index contributed by atoms with van der Waals surface area (Å²) in [6.07, 6.45) is 1.71. The zero-order valence-corrected chi connectivity index (χ0v) is 21.8. The summed E-state index contributed by atoms with van der Waals surface area (Å²) >= 11 is 7.07. The van der Waals surface area contributed by atoms with Crippen molar-refractivity contribution in [3.05, 3.63) is 86.0 Å². The highest BCUT2D eigenvalue weighted by Gasteiger charge is 2.36. The predicted octanol–water partition coefficient (Wildman–Crippen LogP) is 6.35. The van der Waals surface area contributed by atoms with Crippen LogP contribution in [0.5, 0.6) is 0 Å². The number of thioether (sulfide) groups is 1. The van der Waals surface area contributed by atoms with E-state index in [0.29, 0.717) is 10.7 Å². The summed E-state index contributed by atoms with van der Waals surface area (Å²) in [6.45, 7) is 9.56. The van der Waals surface area contributed by atoms with Gasteiger partial charge < -0.3 is 9.88 Å². The molecule has 8 heteroatoms. The Hall–Kier alpha value is -3.29. The first-order valence-electron chi connectivity index (χ1n) is 11.1. The second kappa shape index (κ2) is 9.76. The van der Waals surface area contributed by atoms with Crippen LogP contribution in [0.4, 0.5) is 10.5 Å². The Bertz CT molecular complexity index is 1410. The molecule has 0 radical (unpaired) electrons. The highest BCUT2D eigenvalue weighted by Crippen LogP contribution is 2.34. The smallest absolute Gasteiger partial charge is 0.294 e. The van der Waals surface area contributed by atoms with Crippen molar-refractivity contribution in [3.8, 4) is 5.69 Å². The van der Waals surface area contributed by atoms with E-state index in [1.165, 1.54) is 0 Å². The molecule has 1 fully saturated rings. The molecule has 1 aromatic heterocycles. The number of carbonyl (C=O) groups is 3. The molecular weight excluding hydrogens is 482 g/mol. The van der Waals surface area contributed by atoms with Gasteiger partial charge in [-0.15, -0.1) is 0 Å². The summed E-state index contributed by atoms with van der Waals surface area (Å²) in [5.74, 6) is -0.898. The molecule has 0 unspecified atom stereocenters. The largest absolute Gasteiger partial charge is 0.325 e. The monoisotopic (exact) mass is 507 g/mol. The van der Waals surface area contributed by atoms with E-state index >= 15 is 0 Å². The number of rotatable bonds is 5. The lowest BCUT2D eigenvalue weighted by Crippen LogP contribution is -2.36. The van der Waals surface area contributed by atoms with Crippen molar-refractivity contribution < 1.29 is 14.4 Å². The van der Waals surface area contributed by atoms with Crippen molar-refractivity contribution in [1.82, 2.24) is 9.47 Å². The minimum absolute atomic E-state index is 0.289. The third-order valence-electron chi connectivity index (χ3n) is 6.13. The number of nitrogens with one attached hydrogen (secondary N) is 1. The van der Waals surface area contributed by atoms with Gasteiger partial charge in [0.25, 0.3) is 11.1 Å². The maximum absolute atomic E-state index is 13.0. The van der Waals surface area contributed by atoms with Crippen molar-refractivity contribution in [2.45, 2.75) is 34.6 Å². The fraction of sp³-hybridized carbons (Fsp3) is 0.222. The number of hydrogen-bond acceptors (Lipinski definition) is 4. The summed E-state index contributed by atoms with van der Waals surface area (Å²) in [6, 6.07) is 13.3. The number of benzene rings is 2. The van der Waals surface area contributed by atoms with Gasteiger partial charge in [0.2, 0.25) is 5.91 Å². The quantitative estimate of drug-likeness (QED) is 0.408. The van der Waals surface area contributed by atoms with Crippen molar-refractivity contribution in [2.75, 3.05) is 11.9 Å². The van der Waals surface area contributed by atoms with Gasteiger partial charge in [-0.3, -0.25) is 19.3 Å². The van der Waals surface area contributed by atoms with Gasteiger partial charge in [-0.05, 0) is 105 Å². The Kier molecular flexibility index (Phi) is 6.92. The molecule has 0 atom stereocenters. The second-order valence-corrected chi connectivity index (χ2v) is 10.1. The van der Waals surface area contributed by atoms with Crippen LogP contribution in [0.25, 0.3) is 11.8 Å². The number of hydrogen-bond donors (Lipinski definition) is 1. The highest BCUT2D eigenvalue weighted by atomic mass is 35.5. The van der Waals surface area contributed by atoms with Crippen molar-refractivity contribution in [1.29, 1.82) is 0 Å². The van der Waals surface area contributed by atoms with Crippen LogP contribution in [0.3, 0.4) is 0 Å². The summed E-state index contributed by atoms with van der Waals surface area (Å²) in [7, 11) is 0. The molecule has 3 aromatic rings. The lowest BCUT2D eigenvalue weighted by atomic mass is 10.1. The van der Waals surface area contributed by atoms with E-state index in [1.807, 2.05) is 71.0 Å². The summed E-state index contributed by atoms with van der Waals surface area (Å²) in [5.41, 5.74) is 7.54. The molecular formula is C27H26ClN3O3S. The van der Waals surface area contributed by atoms with Gasteiger partial charge in [-0.1, -0.05) is 23.7 Å². The Morgan fingerprint density at radius 2 is 1.69 bits per heavy atom. The van der Waals surface area contributed by atoms with Gasteiger partial charge in [-0.25, -0.2) is 0 Å². The zero-order chi connectivity index (χ0) is 25.4. The fourth-order valence-corrected chi connectivity index (χ4v) is 5.06. The first-order valence-corrected chi connectivity index (χ1v) is 12.3. The van der Waals surface area contributed by atoms with E-state index in [-0.39, 0.29) is 11.4 Å². The van der Waals surface area contributed by atoms with E-state index in [0.717, 1.165) is 56.0 Å². The Balaban J connectivity index is 1.54. The van der Waals surface area contributed by atoms with Crippen LogP contribution in [-0.2, 0) is 9.59 Å². The molecule has 35 heavy (non-hydrogen) atoms. The Morgan fingerprint density at radius 1 is 0.971 bits per heavy atom. The molecule has 6 nitrogen and oxygen atoms in total. The van der Waals surface area contributed by atoms with Crippen LogP contribution in [0.1, 0.15) is 33.6 Å². The van der Waals surface area contributed by atoms with Crippen LogP contribution in [0, 0.1) is 34.6 Å². The highest BCUT2D eigenvalue weighted by molar-refractivity contribution is 8.18. The van der Waals surface area contributed by atoms with Crippen LogP contribution in [-0.4, -0.2) is 33.1 Å². The number of carbonyl (C=O) groups excluding carboxylic acids is 3. The first-order chi connectivity index (χ1) is 16.5. The van der Waals surface area contributed by atoms with E-state index in [9.17, 15) is 14.4 Å². The molecule has 1 aliphatic heterocycles. The van der Waals surface area contributed by atoms with Gasteiger partial charge >= 0.3 is 0 Å². The number of anilines is 1. The number of amides is 3. The van der Waals surface area contributed by atoms with Crippen LogP contribution >= 0.6 is 23.4 Å². The molecule has 0 saturated carbocycles. The van der Waals surface area contributed by atoms with Gasteiger partial charge in [0.15, 0.2) is 0 Å². The molecule has 4 rings (SSSR count). The summed E-state index contributed by atoms with van der Waals surface area (Å²) < 4.78 is 2.08. The molecule has 1 saturated heterocycles. The maximum Gasteiger partial charge on any atom is 0.294 e. The Morgan fingerprint density at radius 3 is 2.40 bits per heavy atom. The SMILES string of the molecule is Cc1ccc(NC(=O)CN2C(=O)S/C(=C/c3cc(C)n(-c4cc(Cl)ccc4C)c3C)C2=O)cc1C. The molecule has 1 aliphatic rings. The minimum atomic E-state index is -0.473.